The van der Waals surface area contributed by atoms with Gasteiger partial charge in [0, 0.05) is 0 Å². The SMILES string of the molecule is CCCCOc1ccc(CCC(NC(=O)Cc2ccccc2)c2ccc3c(c2)OCCO3)cc1. The first kappa shape index (κ1) is 23.7. The lowest BCUT2D eigenvalue weighted by atomic mass is 9.98. The summed E-state index contributed by atoms with van der Waals surface area (Å²) >= 11 is 0. The number of carbonyl (C=O) groups excluding carboxylic acids is 1. The molecule has 4 rings (SSSR count). The zero-order chi connectivity index (χ0) is 23.6. The number of benzene rings is 3. The van der Waals surface area contributed by atoms with E-state index in [1.54, 1.807) is 0 Å². The molecule has 0 bridgehead atoms. The number of nitrogens with one attached hydrogen (secondary N) is 1. The Balaban J connectivity index is 1.44. The van der Waals surface area contributed by atoms with Gasteiger partial charge in [-0.2, -0.15) is 0 Å². The molecule has 34 heavy (non-hydrogen) atoms. The Labute approximate surface area is 202 Å². The molecule has 5 nitrogen and oxygen atoms in total. The molecule has 0 radical (unpaired) electrons. The summed E-state index contributed by atoms with van der Waals surface area (Å²) < 4.78 is 17.2. The molecule has 0 saturated heterocycles. The number of carbonyl (C=O) groups is 1. The summed E-state index contributed by atoms with van der Waals surface area (Å²) in [6.45, 7) is 3.99. The first-order chi connectivity index (χ1) is 16.7. The summed E-state index contributed by atoms with van der Waals surface area (Å²) in [5, 5.41) is 3.24. The van der Waals surface area contributed by atoms with Gasteiger partial charge in [0.1, 0.15) is 19.0 Å². The number of aryl methyl sites for hydroxylation is 1. The van der Waals surface area contributed by atoms with Crippen LogP contribution in [0, 0.1) is 0 Å². The van der Waals surface area contributed by atoms with Crippen LogP contribution in [0.4, 0.5) is 0 Å². The summed E-state index contributed by atoms with van der Waals surface area (Å²) in [4.78, 5) is 12.9. The molecule has 1 heterocycles. The number of amides is 1. The average Bonchev–Trinajstić information content (AvgIpc) is 2.88. The second-order valence-corrected chi connectivity index (χ2v) is 8.57. The third-order valence-electron chi connectivity index (χ3n) is 5.92. The summed E-state index contributed by atoms with van der Waals surface area (Å²) in [6.07, 6.45) is 4.14. The van der Waals surface area contributed by atoms with Crippen molar-refractivity contribution >= 4 is 5.91 Å². The number of rotatable bonds is 11. The normalized spacial score (nSPS) is 13.2. The fraction of sp³-hybridized carbons (Fsp3) is 0.345. The Kier molecular flexibility index (Phi) is 8.44. The van der Waals surface area contributed by atoms with E-state index in [9.17, 15) is 4.79 Å². The van der Waals surface area contributed by atoms with E-state index in [2.05, 4.69) is 24.4 Å². The first-order valence-electron chi connectivity index (χ1n) is 12.2. The lowest BCUT2D eigenvalue weighted by molar-refractivity contribution is -0.121. The lowest BCUT2D eigenvalue weighted by Crippen LogP contribution is -2.30. The summed E-state index contributed by atoms with van der Waals surface area (Å²) in [5.41, 5.74) is 3.23. The number of hydrogen-bond acceptors (Lipinski definition) is 4. The Hall–Kier alpha value is -3.47. The maximum atomic E-state index is 12.9. The van der Waals surface area contributed by atoms with Crippen molar-refractivity contribution in [3.63, 3.8) is 0 Å². The Morgan fingerprint density at radius 3 is 2.47 bits per heavy atom. The predicted octanol–water partition coefficient (Wildman–Crippen LogP) is 5.67. The van der Waals surface area contributed by atoms with Crippen molar-refractivity contribution in [3.8, 4) is 17.2 Å². The second kappa shape index (κ2) is 12.1. The van der Waals surface area contributed by atoms with Gasteiger partial charge < -0.3 is 19.5 Å². The van der Waals surface area contributed by atoms with Gasteiger partial charge in [-0.05, 0) is 60.2 Å². The van der Waals surface area contributed by atoms with Crippen LogP contribution in [-0.2, 0) is 17.6 Å². The Bertz CT molecular complexity index is 1050. The Morgan fingerprint density at radius 2 is 1.71 bits per heavy atom. The topological polar surface area (TPSA) is 56.8 Å². The molecule has 0 saturated carbocycles. The molecule has 0 spiro atoms. The minimum absolute atomic E-state index is 0.00533. The molecule has 0 aromatic heterocycles. The molecule has 1 unspecified atom stereocenters. The largest absolute Gasteiger partial charge is 0.494 e. The van der Waals surface area contributed by atoms with Gasteiger partial charge in [0.25, 0.3) is 0 Å². The highest BCUT2D eigenvalue weighted by Gasteiger charge is 2.19. The van der Waals surface area contributed by atoms with Crippen LogP contribution >= 0.6 is 0 Å². The highest BCUT2D eigenvalue weighted by Crippen LogP contribution is 2.34. The third-order valence-corrected chi connectivity index (χ3v) is 5.92. The highest BCUT2D eigenvalue weighted by atomic mass is 16.6. The zero-order valence-corrected chi connectivity index (χ0v) is 19.8. The van der Waals surface area contributed by atoms with Gasteiger partial charge in [-0.25, -0.2) is 0 Å². The standard InChI is InChI=1S/C29H33NO4/c1-2-3-17-32-25-13-9-22(10-14-25)11-15-26(30-29(31)20-23-7-5-4-6-8-23)24-12-16-27-28(21-24)34-19-18-33-27/h4-10,12-14,16,21,26H,2-3,11,15,17-20H2,1H3,(H,30,31). The van der Waals surface area contributed by atoms with Crippen molar-refractivity contribution in [1.82, 2.24) is 5.32 Å². The van der Waals surface area contributed by atoms with Crippen LogP contribution in [0.3, 0.4) is 0 Å². The second-order valence-electron chi connectivity index (χ2n) is 8.57. The van der Waals surface area contributed by atoms with E-state index >= 15 is 0 Å². The molecule has 1 aliphatic heterocycles. The van der Waals surface area contributed by atoms with Gasteiger partial charge in [0.05, 0.1) is 19.1 Å². The van der Waals surface area contributed by atoms with Crippen molar-refractivity contribution in [2.75, 3.05) is 19.8 Å². The lowest BCUT2D eigenvalue weighted by Gasteiger charge is -2.23. The molecule has 5 heteroatoms. The van der Waals surface area contributed by atoms with E-state index < -0.39 is 0 Å². The van der Waals surface area contributed by atoms with Crippen LogP contribution in [-0.4, -0.2) is 25.7 Å². The fourth-order valence-corrected chi connectivity index (χ4v) is 4.02. The molecule has 0 fully saturated rings. The van der Waals surface area contributed by atoms with Crippen molar-refractivity contribution in [2.24, 2.45) is 0 Å². The quantitative estimate of drug-likeness (QED) is 0.376. The van der Waals surface area contributed by atoms with Crippen LogP contribution in [0.2, 0.25) is 0 Å². The summed E-state index contributed by atoms with van der Waals surface area (Å²) in [7, 11) is 0. The van der Waals surface area contributed by atoms with Crippen molar-refractivity contribution in [2.45, 2.75) is 45.1 Å². The van der Waals surface area contributed by atoms with Crippen LogP contribution in [0.1, 0.15) is 48.9 Å². The zero-order valence-electron chi connectivity index (χ0n) is 19.8. The van der Waals surface area contributed by atoms with Gasteiger partial charge in [-0.15, -0.1) is 0 Å². The van der Waals surface area contributed by atoms with Gasteiger partial charge in [0.15, 0.2) is 11.5 Å². The Morgan fingerprint density at radius 1 is 0.941 bits per heavy atom. The maximum Gasteiger partial charge on any atom is 0.224 e. The van der Waals surface area contributed by atoms with Gasteiger partial charge in [-0.3, -0.25) is 4.79 Å². The molecule has 178 valence electrons. The van der Waals surface area contributed by atoms with Crippen LogP contribution in [0.25, 0.3) is 0 Å². The smallest absolute Gasteiger partial charge is 0.224 e. The molecule has 1 atom stereocenters. The average molecular weight is 460 g/mol. The fourth-order valence-electron chi connectivity index (χ4n) is 4.02. The molecule has 1 aliphatic rings. The number of unbranched alkanes of at least 4 members (excludes halogenated alkanes) is 1. The highest BCUT2D eigenvalue weighted by molar-refractivity contribution is 5.79. The van der Waals surface area contributed by atoms with E-state index in [1.165, 1.54) is 5.56 Å². The minimum atomic E-state index is -0.132. The van der Waals surface area contributed by atoms with Crippen LogP contribution in [0.15, 0.2) is 72.8 Å². The molecule has 1 N–H and O–H groups in total. The molecular weight excluding hydrogens is 426 g/mol. The van der Waals surface area contributed by atoms with Crippen LogP contribution in [0.5, 0.6) is 17.2 Å². The van der Waals surface area contributed by atoms with E-state index in [1.807, 2.05) is 60.7 Å². The van der Waals surface area contributed by atoms with Crippen molar-refractivity contribution < 1.29 is 19.0 Å². The van der Waals surface area contributed by atoms with Gasteiger partial charge >= 0.3 is 0 Å². The van der Waals surface area contributed by atoms with E-state index in [-0.39, 0.29) is 11.9 Å². The minimum Gasteiger partial charge on any atom is -0.494 e. The van der Waals surface area contributed by atoms with Gasteiger partial charge in [-0.1, -0.05) is 61.9 Å². The molecule has 3 aromatic rings. The molecule has 0 aliphatic carbocycles. The number of fused-ring (bicyclic) bond motifs is 1. The predicted molar refractivity (Wildman–Crippen MR) is 134 cm³/mol. The number of hydrogen-bond donors (Lipinski definition) is 1. The molecular formula is C29H33NO4. The third kappa shape index (κ3) is 6.77. The van der Waals surface area contributed by atoms with E-state index in [0.29, 0.717) is 19.6 Å². The summed E-state index contributed by atoms with van der Waals surface area (Å²) in [5.74, 6) is 2.39. The molecule has 1 amide bonds. The van der Waals surface area contributed by atoms with Crippen molar-refractivity contribution in [1.29, 1.82) is 0 Å². The first-order valence-corrected chi connectivity index (χ1v) is 12.2. The van der Waals surface area contributed by atoms with E-state index in [0.717, 1.165) is 60.7 Å². The van der Waals surface area contributed by atoms with Gasteiger partial charge in [0.2, 0.25) is 5.91 Å². The summed E-state index contributed by atoms with van der Waals surface area (Å²) in [6, 6.07) is 23.9. The molecule has 3 aromatic carbocycles. The monoisotopic (exact) mass is 459 g/mol. The van der Waals surface area contributed by atoms with Crippen molar-refractivity contribution in [3.05, 3.63) is 89.5 Å². The maximum absolute atomic E-state index is 12.9. The van der Waals surface area contributed by atoms with E-state index in [4.69, 9.17) is 14.2 Å². The number of ether oxygens (including phenoxy) is 3. The van der Waals surface area contributed by atoms with Crippen LogP contribution < -0.4 is 19.5 Å².